The number of carbonyl (C=O) groups excluding carboxylic acids is 1. The van der Waals surface area contributed by atoms with Crippen molar-refractivity contribution in [3.05, 3.63) is 18.1 Å². The monoisotopic (exact) mass is 267 g/mol. The average molecular weight is 267 g/mol. The molecule has 1 aromatic rings. The summed E-state index contributed by atoms with van der Waals surface area (Å²) in [6.45, 7) is 2.62. The highest BCUT2D eigenvalue weighted by Gasteiger charge is 2.07. The maximum absolute atomic E-state index is 11.7. The Bertz CT molecular complexity index is 380. The van der Waals surface area contributed by atoms with Crippen LogP contribution in [0.1, 0.15) is 10.5 Å². The van der Waals surface area contributed by atoms with E-state index in [1.165, 1.54) is 12.4 Å². The highest BCUT2D eigenvalue weighted by Crippen LogP contribution is 2.00. The number of hydrogen-bond acceptors (Lipinski definition) is 6. The van der Waals surface area contributed by atoms with Gasteiger partial charge < -0.3 is 20.3 Å². The van der Waals surface area contributed by atoms with Crippen LogP contribution in [0.15, 0.2) is 12.4 Å². The molecule has 0 saturated heterocycles. The molecule has 0 aromatic carbocycles. The Morgan fingerprint density at radius 1 is 1.32 bits per heavy atom. The fourth-order valence-electron chi connectivity index (χ4n) is 1.30. The van der Waals surface area contributed by atoms with E-state index in [1.54, 1.807) is 7.11 Å². The second-order valence-electron chi connectivity index (χ2n) is 4.27. The van der Waals surface area contributed by atoms with E-state index in [0.717, 1.165) is 6.54 Å². The highest BCUT2D eigenvalue weighted by molar-refractivity contribution is 5.91. The Hall–Kier alpha value is -1.73. The Labute approximate surface area is 113 Å². The van der Waals surface area contributed by atoms with E-state index >= 15 is 0 Å². The number of ether oxygens (including phenoxy) is 1. The maximum atomic E-state index is 11.7. The minimum absolute atomic E-state index is 0.210. The lowest BCUT2D eigenvalue weighted by molar-refractivity contribution is 0.0945. The molecule has 106 valence electrons. The van der Waals surface area contributed by atoms with Crippen LogP contribution in [0, 0.1) is 0 Å². The summed E-state index contributed by atoms with van der Waals surface area (Å²) in [5, 5.41) is 5.81. The Balaban J connectivity index is 2.39. The standard InChI is InChI=1S/C12H21N5O2/c1-17(2)6-4-14-12(18)10-8-16-11(9-15-10)13-5-7-19-3/h8-9H,4-7H2,1-3H3,(H,13,16)(H,14,18). The SMILES string of the molecule is COCCNc1cnc(C(=O)NCCN(C)C)cn1. The number of likely N-dealkylation sites (N-methyl/N-ethyl adjacent to an activating group) is 1. The minimum Gasteiger partial charge on any atom is -0.383 e. The molecule has 0 aliphatic rings. The first-order chi connectivity index (χ1) is 9.13. The van der Waals surface area contributed by atoms with Gasteiger partial charge in [0.05, 0.1) is 19.0 Å². The molecule has 0 spiro atoms. The number of nitrogens with zero attached hydrogens (tertiary/aromatic N) is 3. The van der Waals surface area contributed by atoms with Crippen molar-refractivity contribution >= 4 is 11.7 Å². The molecule has 19 heavy (non-hydrogen) atoms. The van der Waals surface area contributed by atoms with Gasteiger partial charge in [0.2, 0.25) is 0 Å². The fourth-order valence-corrected chi connectivity index (χ4v) is 1.30. The van der Waals surface area contributed by atoms with Gasteiger partial charge in [0.1, 0.15) is 11.5 Å². The lowest BCUT2D eigenvalue weighted by atomic mass is 10.4. The van der Waals surface area contributed by atoms with Crippen LogP contribution in [0.25, 0.3) is 0 Å². The largest absolute Gasteiger partial charge is 0.383 e. The molecule has 1 heterocycles. The third-order valence-electron chi connectivity index (χ3n) is 2.34. The third kappa shape index (κ3) is 6.12. The fraction of sp³-hybridized carbons (Fsp3) is 0.583. The number of carbonyl (C=O) groups is 1. The van der Waals surface area contributed by atoms with Crippen LogP contribution in [0.2, 0.25) is 0 Å². The molecular formula is C12H21N5O2. The minimum atomic E-state index is -0.210. The van der Waals surface area contributed by atoms with Gasteiger partial charge >= 0.3 is 0 Å². The van der Waals surface area contributed by atoms with Gasteiger partial charge in [-0.2, -0.15) is 0 Å². The Kier molecular flexibility index (Phi) is 6.76. The maximum Gasteiger partial charge on any atom is 0.271 e. The molecule has 0 aliphatic heterocycles. The van der Waals surface area contributed by atoms with Gasteiger partial charge in [0, 0.05) is 26.7 Å². The first kappa shape index (κ1) is 15.3. The van der Waals surface area contributed by atoms with Gasteiger partial charge in [-0.25, -0.2) is 9.97 Å². The molecule has 0 saturated carbocycles. The summed E-state index contributed by atoms with van der Waals surface area (Å²) in [5.74, 6) is 0.416. The van der Waals surface area contributed by atoms with Gasteiger partial charge in [0.25, 0.3) is 5.91 Å². The molecule has 0 atom stereocenters. The van der Waals surface area contributed by atoms with Crippen LogP contribution >= 0.6 is 0 Å². The number of methoxy groups -OCH3 is 1. The van der Waals surface area contributed by atoms with Crippen LogP contribution < -0.4 is 10.6 Å². The summed E-state index contributed by atoms with van der Waals surface area (Å²) in [5.41, 5.74) is 0.316. The summed E-state index contributed by atoms with van der Waals surface area (Å²) in [7, 11) is 5.54. The zero-order chi connectivity index (χ0) is 14.1. The summed E-state index contributed by atoms with van der Waals surface area (Å²) < 4.78 is 4.91. The zero-order valence-corrected chi connectivity index (χ0v) is 11.6. The molecule has 7 heteroatoms. The Morgan fingerprint density at radius 3 is 2.68 bits per heavy atom. The number of hydrogen-bond donors (Lipinski definition) is 2. The third-order valence-corrected chi connectivity index (χ3v) is 2.34. The first-order valence-corrected chi connectivity index (χ1v) is 6.11. The number of rotatable bonds is 8. The topological polar surface area (TPSA) is 79.4 Å². The predicted molar refractivity (Wildman–Crippen MR) is 73.3 cm³/mol. The normalized spacial score (nSPS) is 10.5. The lowest BCUT2D eigenvalue weighted by Gasteiger charge is -2.10. The summed E-state index contributed by atoms with van der Waals surface area (Å²) >= 11 is 0. The number of nitrogens with one attached hydrogen (secondary N) is 2. The van der Waals surface area contributed by atoms with E-state index in [2.05, 4.69) is 20.6 Å². The molecule has 7 nitrogen and oxygen atoms in total. The molecule has 0 unspecified atom stereocenters. The van der Waals surface area contributed by atoms with Gasteiger partial charge in [-0.15, -0.1) is 0 Å². The average Bonchev–Trinajstić information content (AvgIpc) is 2.39. The van der Waals surface area contributed by atoms with E-state index in [4.69, 9.17) is 4.74 Å². The summed E-state index contributed by atoms with van der Waals surface area (Å²) in [4.78, 5) is 21.9. The van der Waals surface area contributed by atoms with Crippen molar-refractivity contribution < 1.29 is 9.53 Å². The zero-order valence-electron chi connectivity index (χ0n) is 11.6. The van der Waals surface area contributed by atoms with Crippen LogP contribution in [0.3, 0.4) is 0 Å². The smallest absolute Gasteiger partial charge is 0.271 e. The predicted octanol–water partition coefficient (Wildman–Crippen LogP) is -0.174. The van der Waals surface area contributed by atoms with Gasteiger partial charge in [-0.3, -0.25) is 4.79 Å². The lowest BCUT2D eigenvalue weighted by Crippen LogP contribution is -2.31. The van der Waals surface area contributed by atoms with Crippen molar-refractivity contribution in [1.29, 1.82) is 0 Å². The van der Waals surface area contributed by atoms with E-state index < -0.39 is 0 Å². The van der Waals surface area contributed by atoms with Crippen LogP contribution in [-0.2, 0) is 4.74 Å². The van der Waals surface area contributed by atoms with Crippen molar-refractivity contribution in [2.24, 2.45) is 0 Å². The molecule has 0 fully saturated rings. The van der Waals surface area contributed by atoms with E-state index in [0.29, 0.717) is 31.2 Å². The van der Waals surface area contributed by atoms with Crippen LogP contribution in [-0.4, -0.2) is 68.2 Å². The van der Waals surface area contributed by atoms with Gasteiger partial charge in [0.15, 0.2) is 0 Å². The molecule has 1 rings (SSSR count). The van der Waals surface area contributed by atoms with E-state index in [-0.39, 0.29) is 5.91 Å². The van der Waals surface area contributed by atoms with Gasteiger partial charge in [-0.1, -0.05) is 0 Å². The van der Waals surface area contributed by atoms with Crippen molar-refractivity contribution in [2.45, 2.75) is 0 Å². The van der Waals surface area contributed by atoms with Crippen LogP contribution in [0.5, 0.6) is 0 Å². The Morgan fingerprint density at radius 2 is 2.11 bits per heavy atom. The number of aromatic nitrogens is 2. The van der Waals surface area contributed by atoms with E-state index in [9.17, 15) is 4.79 Å². The highest BCUT2D eigenvalue weighted by atomic mass is 16.5. The molecule has 2 N–H and O–H groups in total. The van der Waals surface area contributed by atoms with E-state index in [1.807, 2.05) is 19.0 Å². The quantitative estimate of drug-likeness (QED) is 0.636. The van der Waals surface area contributed by atoms with Crippen molar-refractivity contribution in [2.75, 3.05) is 52.8 Å². The summed E-state index contributed by atoms with van der Waals surface area (Å²) in [6.07, 6.45) is 3.00. The van der Waals surface area contributed by atoms with Crippen molar-refractivity contribution in [3.8, 4) is 0 Å². The molecular weight excluding hydrogens is 246 g/mol. The first-order valence-electron chi connectivity index (χ1n) is 6.11. The second kappa shape index (κ2) is 8.39. The molecule has 1 aromatic heterocycles. The molecule has 0 radical (unpaired) electrons. The molecule has 1 amide bonds. The van der Waals surface area contributed by atoms with Gasteiger partial charge in [-0.05, 0) is 14.1 Å². The second-order valence-corrected chi connectivity index (χ2v) is 4.27. The van der Waals surface area contributed by atoms with Crippen molar-refractivity contribution in [1.82, 2.24) is 20.2 Å². The number of anilines is 1. The molecule has 0 aliphatic carbocycles. The number of amides is 1. The van der Waals surface area contributed by atoms with Crippen molar-refractivity contribution in [3.63, 3.8) is 0 Å². The van der Waals surface area contributed by atoms with Crippen LogP contribution in [0.4, 0.5) is 5.82 Å². The summed E-state index contributed by atoms with van der Waals surface area (Å²) in [6, 6.07) is 0. The molecule has 0 bridgehead atoms.